The number of rotatable bonds is 10. The molecule has 0 bridgehead atoms. The van der Waals surface area contributed by atoms with Crippen LogP contribution in [0.2, 0.25) is 0 Å². The molecule has 0 N–H and O–H groups in total. The smallest absolute Gasteiger partial charge is 0.196 e. The molecule has 0 aromatic carbocycles. The van der Waals surface area contributed by atoms with E-state index in [1.807, 2.05) is 0 Å². The molecule has 0 aromatic heterocycles. The molecule has 0 saturated carbocycles. The van der Waals surface area contributed by atoms with Gasteiger partial charge in [0.25, 0.3) is 0 Å². The molecule has 0 amide bonds. The van der Waals surface area contributed by atoms with Crippen LogP contribution in [0, 0.1) is 0 Å². The van der Waals surface area contributed by atoms with E-state index in [-0.39, 0.29) is 12.3 Å². The van der Waals surface area contributed by atoms with Gasteiger partial charge in [0.2, 0.25) is 0 Å². The van der Waals surface area contributed by atoms with Gasteiger partial charge in [-0.1, -0.05) is 27.7 Å². The summed E-state index contributed by atoms with van der Waals surface area (Å²) in [4.78, 5) is 23.3. The number of nitrogens with zero attached hydrogens (tertiary/aromatic N) is 4. The number of carbonyl (C=O) groups is 1. The van der Waals surface area contributed by atoms with Gasteiger partial charge in [0.15, 0.2) is 5.78 Å². The van der Waals surface area contributed by atoms with E-state index >= 15 is 0 Å². The summed E-state index contributed by atoms with van der Waals surface area (Å²) < 4.78 is 0. The molecule has 2 fully saturated rings. The van der Waals surface area contributed by atoms with Crippen LogP contribution >= 0.6 is 0 Å². The van der Waals surface area contributed by atoms with Gasteiger partial charge >= 0.3 is 0 Å². The molecule has 2 heterocycles. The monoisotopic (exact) mass is 338 g/mol. The summed E-state index contributed by atoms with van der Waals surface area (Å²) in [5.74, 6) is 0.425. The molecule has 140 valence electrons. The standard InChI is InChI=1S/C19H38N4O/c1-5-9-20-13-14-21(10-6-2)18(20)17(24)19-22(11-7-3)15-16-23(19)12-8-4/h18-19H,5-16H2,1-4H3. The van der Waals surface area contributed by atoms with Gasteiger partial charge in [-0.3, -0.25) is 24.4 Å². The lowest BCUT2D eigenvalue weighted by Gasteiger charge is -2.36. The van der Waals surface area contributed by atoms with E-state index in [1.165, 1.54) is 0 Å². The Morgan fingerprint density at radius 1 is 0.625 bits per heavy atom. The first-order valence-electron chi connectivity index (χ1n) is 10.2. The van der Waals surface area contributed by atoms with Gasteiger partial charge in [0.1, 0.15) is 12.3 Å². The van der Waals surface area contributed by atoms with E-state index in [9.17, 15) is 4.79 Å². The van der Waals surface area contributed by atoms with Gasteiger partial charge in [-0.25, -0.2) is 0 Å². The van der Waals surface area contributed by atoms with Crippen LogP contribution in [0.15, 0.2) is 0 Å². The van der Waals surface area contributed by atoms with Crippen molar-refractivity contribution in [1.29, 1.82) is 0 Å². The first-order chi connectivity index (χ1) is 11.7. The fraction of sp³-hybridized carbons (Fsp3) is 0.947. The highest BCUT2D eigenvalue weighted by Crippen LogP contribution is 2.24. The summed E-state index contributed by atoms with van der Waals surface area (Å²) in [5.41, 5.74) is 0. The van der Waals surface area contributed by atoms with Gasteiger partial charge < -0.3 is 0 Å². The lowest BCUT2D eigenvalue weighted by Crippen LogP contribution is -2.56. The molecular weight excluding hydrogens is 300 g/mol. The molecule has 0 aliphatic carbocycles. The molecule has 0 radical (unpaired) electrons. The minimum atomic E-state index is -0.00767. The molecule has 0 aromatic rings. The van der Waals surface area contributed by atoms with Gasteiger partial charge in [0, 0.05) is 26.2 Å². The van der Waals surface area contributed by atoms with Crippen molar-refractivity contribution in [3.8, 4) is 0 Å². The van der Waals surface area contributed by atoms with Crippen molar-refractivity contribution >= 4 is 5.78 Å². The molecule has 2 aliphatic rings. The van der Waals surface area contributed by atoms with Crippen LogP contribution in [0.3, 0.4) is 0 Å². The Labute approximate surface area is 148 Å². The van der Waals surface area contributed by atoms with Gasteiger partial charge in [-0.05, 0) is 51.9 Å². The van der Waals surface area contributed by atoms with Crippen molar-refractivity contribution in [3.63, 3.8) is 0 Å². The molecule has 2 aliphatic heterocycles. The molecule has 2 saturated heterocycles. The second-order valence-corrected chi connectivity index (χ2v) is 7.29. The number of hydrogen-bond acceptors (Lipinski definition) is 5. The van der Waals surface area contributed by atoms with Crippen LogP contribution in [0.1, 0.15) is 53.4 Å². The van der Waals surface area contributed by atoms with E-state index < -0.39 is 0 Å². The summed E-state index contributed by atoms with van der Waals surface area (Å²) in [6.07, 6.45) is 4.45. The Morgan fingerprint density at radius 3 is 1.08 bits per heavy atom. The van der Waals surface area contributed by atoms with Crippen LogP contribution in [0.25, 0.3) is 0 Å². The third-order valence-electron chi connectivity index (χ3n) is 5.28. The number of carbonyl (C=O) groups excluding carboxylic acids is 1. The van der Waals surface area contributed by atoms with E-state index in [0.29, 0.717) is 5.78 Å². The zero-order chi connectivity index (χ0) is 17.5. The maximum Gasteiger partial charge on any atom is 0.196 e. The highest BCUT2D eigenvalue weighted by Gasteiger charge is 2.45. The Bertz CT molecular complexity index is 328. The number of ketones is 1. The number of hydrogen-bond donors (Lipinski definition) is 0. The second kappa shape index (κ2) is 9.85. The maximum atomic E-state index is 13.6. The zero-order valence-corrected chi connectivity index (χ0v) is 16.3. The van der Waals surface area contributed by atoms with E-state index in [4.69, 9.17) is 0 Å². The molecule has 5 nitrogen and oxygen atoms in total. The van der Waals surface area contributed by atoms with Crippen LogP contribution in [-0.4, -0.2) is 90.1 Å². The van der Waals surface area contributed by atoms with Gasteiger partial charge in [-0.15, -0.1) is 0 Å². The summed E-state index contributed by atoms with van der Waals surface area (Å²) >= 11 is 0. The van der Waals surface area contributed by atoms with Crippen molar-refractivity contribution in [2.24, 2.45) is 0 Å². The van der Waals surface area contributed by atoms with E-state index in [2.05, 4.69) is 47.3 Å². The first kappa shape index (κ1) is 19.8. The minimum absolute atomic E-state index is 0.00767. The molecule has 0 atom stereocenters. The van der Waals surface area contributed by atoms with Crippen LogP contribution < -0.4 is 0 Å². The van der Waals surface area contributed by atoms with Crippen molar-refractivity contribution < 1.29 is 4.79 Å². The Kier molecular flexibility index (Phi) is 8.14. The van der Waals surface area contributed by atoms with Crippen LogP contribution in [0.5, 0.6) is 0 Å². The average Bonchev–Trinajstić information content (AvgIpc) is 3.13. The summed E-state index contributed by atoms with van der Waals surface area (Å²) in [6.45, 7) is 17.1. The Balaban J connectivity index is 2.19. The molecule has 5 heteroatoms. The second-order valence-electron chi connectivity index (χ2n) is 7.29. The van der Waals surface area contributed by atoms with Crippen molar-refractivity contribution in [3.05, 3.63) is 0 Å². The first-order valence-corrected chi connectivity index (χ1v) is 10.2. The maximum absolute atomic E-state index is 13.6. The highest BCUT2D eigenvalue weighted by molar-refractivity contribution is 5.89. The van der Waals surface area contributed by atoms with Gasteiger partial charge in [0.05, 0.1) is 0 Å². The largest absolute Gasteiger partial charge is 0.293 e. The molecular formula is C19H38N4O. The highest BCUT2D eigenvalue weighted by atomic mass is 16.1. The predicted octanol–water partition coefficient (Wildman–Crippen LogP) is 2.08. The van der Waals surface area contributed by atoms with Crippen LogP contribution in [0.4, 0.5) is 0 Å². The average molecular weight is 339 g/mol. The molecule has 2 rings (SSSR count). The minimum Gasteiger partial charge on any atom is -0.293 e. The Hall–Kier alpha value is -0.490. The predicted molar refractivity (Wildman–Crippen MR) is 100 cm³/mol. The van der Waals surface area contributed by atoms with Crippen LogP contribution in [-0.2, 0) is 4.79 Å². The van der Waals surface area contributed by atoms with E-state index in [0.717, 1.165) is 78.0 Å². The fourth-order valence-electron chi connectivity index (χ4n) is 4.40. The topological polar surface area (TPSA) is 30.0 Å². The van der Waals surface area contributed by atoms with E-state index in [1.54, 1.807) is 0 Å². The normalized spacial score (nSPS) is 22.8. The van der Waals surface area contributed by atoms with Crippen molar-refractivity contribution in [1.82, 2.24) is 19.6 Å². The fourth-order valence-corrected chi connectivity index (χ4v) is 4.40. The third-order valence-corrected chi connectivity index (χ3v) is 5.28. The summed E-state index contributed by atoms with van der Waals surface area (Å²) in [6, 6.07) is 0. The van der Waals surface area contributed by atoms with Gasteiger partial charge in [-0.2, -0.15) is 0 Å². The van der Waals surface area contributed by atoms with Crippen molar-refractivity contribution in [2.45, 2.75) is 65.7 Å². The molecule has 0 spiro atoms. The lowest BCUT2D eigenvalue weighted by atomic mass is 10.1. The Morgan fingerprint density at radius 2 is 0.875 bits per heavy atom. The quantitative estimate of drug-likeness (QED) is 0.608. The summed E-state index contributed by atoms with van der Waals surface area (Å²) in [7, 11) is 0. The van der Waals surface area contributed by atoms with Crippen molar-refractivity contribution in [2.75, 3.05) is 52.4 Å². The third kappa shape index (κ3) is 4.37. The SMILES string of the molecule is CCCN1CCN(CCC)C1C(=O)C1N(CCC)CCN1CCC. The number of Topliss-reactive ketones (excluding diaryl/α,β-unsaturated/α-hetero) is 1. The zero-order valence-electron chi connectivity index (χ0n) is 16.3. The lowest BCUT2D eigenvalue weighted by molar-refractivity contribution is -0.137. The molecule has 0 unspecified atom stereocenters. The molecule has 24 heavy (non-hydrogen) atoms. The summed E-state index contributed by atoms with van der Waals surface area (Å²) in [5, 5.41) is 0.